The maximum Gasteiger partial charge on any atom is 0.281 e. The molecule has 1 aliphatic rings. The summed E-state index contributed by atoms with van der Waals surface area (Å²) in [6.45, 7) is 3.29. The lowest BCUT2D eigenvalue weighted by Crippen LogP contribution is -2.25. The predicted octanol–water partition coefficient (Wildman–Crippen LogP) is 1.92. The molecule has 0 fully saturated rings. The number of pyridine rings is 1. The van der Waals surface area contributed by atoms with E-state index in [1.54, 1.807) is 32.5 Å². The summed E-state index contributed by atoms with van der Waals surface area (Å²) in [6, 6.07) is 5.31. The molecule has 3 aromatic rings. The van der Waals surface area contributed by atoms with Gasteiger partial charge in [0, 0.05) is 36.4 Å². The lowest BCUT2D eigenvalue weighted by atomic mass is 10.1. The van der Waals surface area contributed by atoms with Gasteiger partial charge in [-0.05, 0) is 25.1 Å². The minimum absolute atomic E-state index is 0.333. The van der Waals surface area contributed by atoms with Crippen LogP contribution < -0.4 is 20.4 Å². The summed E-state index contributed by atoms with van der Waals surface area (Å²) >= 11 is 0. The summed E-state index contributed by atoms with van der Waals surface area (Å²) in [4.78, 5) is 25.4. The van der Waals surface area contributed by atoms with Crippen LogP contribution in [0.25, 0.3) is 10.9 Å². The second kappa shape index (κ2) is 6.71. The molecule has 1 aromatic carbocycles. The van der Waals surface area contributed by atoms with Gasteiger partial charge in [-0.2, -0.15) is 4.99 Å². The molecule has 0 saturated carbocycles. The van der Waals surface area contributed by atoms with E-state index in [9.17, 15) is 4.79 Å². The van der Waals surface area contributed by atoms with Crippen molar-refractivity contribution in [3.05, 3.63) is 47.3 Å². The number of nitrogens with zero attached hydrogens (tertiary/aromatic N) is 4. The summed E-state index contributed by atoms with van der Waals surface area (Å²) < 4.78 is 13.0. The number of fused-ring (bicyclic) bond motifs is 3. The fourth-order valence-electron chi connectivity index (χ4n) is 3.30. The van der Waals surface area contributed by atoms with E-state index in [4.69, 9.17) is 9.47 Å². The van der Waals surface area contributed by atoms with Crippen LogP contribution >= 0.6 is 0 Å². The maximum atomic E-state index is 12.5. The van der Waals surface area contributed by atoms with Crippen LogP contribution in [-0.2, 0) is 6.54 Å². The highest BCUT2D eigenvalue weighted by atomic mass is 16.5. The van der Waals surface area contributed by atoms with Crippen LogP contribution in [0.15, 0.2) is 35.6 Å². The summed E-state index contributed by atoms with van der Waals surface area (Å²) in [5, 5.41) is 4.21. The standard InChI is InChI=1S/C19H19N5O3/c1-11-14(26-2)9-13-15(16(11)27-3)22-19(24-8-7-21-17(13)24)23-18(25)12-5-4-6-20-10-12/h4-6,9-10,21H,7-8H2,1-3H3. The van der Waals surface area contributed by atoms with Crippen molar-refractivity contribution >= 4 is 22.6 Å². The average Bonchev–Trinajstić information content (AvgIpc) is 3.19. The Balaban J connectivity index is 2.00. The summed E-state index contributed by atoms with van der Waals surface area (Å²) in [7, 11) is 3.21. The average molecular weight is 365 g/mol. The number of hydrogen-bond acceptors (Lipinski definition) is 6. The highest BCUT2D eigenvalue weighted by Gasteiger charge is 2.21. The van der Waals surface area contributed by atoms with Gasteiger partial charge < -0.3 is 14.8 Å². The summed E-state index contributed by atoms with van der Waals surface area (Å²) in [6.07, 6.45) is 3.11. The molecule has 8 nitrogen and oxygen atoms in total. The molecule has 3 heterocycles. The van der Waals surface area contributed by atoms with E-state index in [2.05, 4.69) is 20.3 Å². The Hall–Kier alpha value is -3.42. The Morgan fingerprint density at radius 1 is 1.33 bits per heavy atom. The zero-order valence-electron chi connectivity index (χ0n) is 15.3. The Kier molecular flexibility index (Phi) is 4.23. The second-order valence-corrected chi connectivity index (χ2v) is 6.13. The lowest BCUT2D eigenvalue weighted by Gasteiger charge is -2.15. The Bertz CT molecular complexity index is 1110. The van der Waals surface area contributed by atoms with Gasteiger partial charge in [0.2, 0.25) is 5.62 Å². The van der Waals surface area contributed by atoms with Gasteiger partial charge in [-0.3, -0.25) is 14.3 Å². The molecule has 0 saturated heterocycles. The minimum atomic E-state index is -0.388. The first kappa shape index (κ1) is 17.0. The maximum absolute atomic E-state index is 12.5. The molecule has 1 N–H and O–H groups in total. The smallest absolute Gasteiger partial charge is 0.281 e. The van der Waals surface area contributed by atoms with Crippen LogP contribution in [0.4, 0.5) is 5.82 Å². The van der Waals surface area contributed by atoms with Crippen molar-refractivity contribution in [2.75, 3.05) is 26.1 Å². The molecular weight excluding hydrogens is 346 g/mol. The van der Waals surface area contributed by atoms with Crippen molar-refractivity contribution in [1.29, 1.82) is 0 Å². The number of anilines is 1. The van der Waals surface area contributed by atoms with Crippen molar-refractivity contribution < 1.29 is 14.3 Å². The third kappa shape index (κ3) is 2.79. The molecule has 8 heteroatoms. The number of amides is 1. The zero-order chi connectivity index (χ0) is 19.0. The number of methoxy groups -OCH3 is 2. The Morgan fingerprint density at radius 3 is 2.89 bits per heavy atom. The van der Waals surface area contributed by atoms with Crippen molar-refractivity contribution in [3.63, 3.8) is 0 Å². The fourth-order valence-corrected chi connectivity index (χ4v) is 3.30. The molecule has 4 rings (SSSR count). The van der Waals surface area contributed by atoms with Crippen LogP contribution in [-0.4, -0.2) is 41.2 Å². The quantitative estimate of drug-likeness (QED) is 0.763. The monoisotopic (exact) mass is 365 g/mol. The zero-order valence-corrected chi connectivity index (χ0v) is 15.3. The number of ether oxygens (including phenoxy) is 2. The van der Waals surface area contributed by atoms with Crippen LogP contribution in [0.5, 0.6) is 11.5 Å². The highest BCUT2D eigenvalue weighted by molar-refractivity contribution is 5.97. The molecule has 0 aliphatic carbocycles. The van der Waals surface area contributed by atoms with E-state index in [1.807, 2.05) is 17.6 Å². The molecule has 0 unspecified atom stereocenters. The van der Waals surface area contributed by atoms with Gasteiger partial charge >= 0.3 is 0 Å². The summed E-state index contributed by atoms with van der Waals surface area (Å²) in [5.74, 6) is 1.77. The molecule has 0 bridgehead atoms. The van der Waals surface area contributed by atoms with Crippen molar-refractivity contribution in [3.8, 4) is 11.5 Å². The van der Waals surface area contributed by atoms with E-state index in [0.717, 1.165) is 23.3 Å². The van der Waals surface area contributed by atoms with E-state index in [1.165, 1.54) is 6.20 Å². The van der Waals surface area contributed by atoms with Gasteiger partial charge in [0.15, 0.2) is 5.75 Å². The number of rotatable bonds is 3. The molecule has 0 radical (unpaired) electrons. The molecule has 1 amide bonds. The van der Waals surface area contributed by atoms with Gasteiger partial charge in [0.05, 0.1) is 19.8 Å². The third-order valence-corrected chi connectivity index (χ3v) is 4.60. The lowest BCUT2D eigenvalue weighted by molar-refractivity contribution is 0.0996. The van der Waals surface area contributed by atoms with Crippen molar-refractivity contribution in [2.45, 2.75) is 13.5 Å². The molecule has 1 aliphatic heterocycles. The van der Waals surface area contributed by atoms with Gasteiger partial charge in [-0.1, -0.05) is 0 Å². The van der Waals surface area contributed by atoms with Gasteiger partial charge in [0.25, 0.3) is 5.91 Å². The van der Waals surface area contributed by atoms with Crippen LogP contribution in [0.1, 0.15) is 15.9 Å². The number of aromatic nitrogens is 3. The predicted molar refractivity (Wildman–Crippen MR) is 100 cm³/mol. The Morgan fingerprint density at radius 2 is 2.19 bits per heavy atom. The highest BCUT2D eigenvalue weighted by Crippen LogP contribution is 2.38. The second-order valence-electron chi connectivity index (χ2n) is 6.13. The van der Waals surface area contributed by atoms with Crippen LogP contribution in [0.3, 0.4) is 0 Å². The van der Waals surface area contributed by atoms with Crippen LogP contribution in [0.2, 0.25) is 0 Å². The van der Waals surface area contributed by atoms with Crippen LogP contribution in [0, 0.1) is 6.92 Å². The van der Waals surface area contributed by atoms with Gasteiger partial charge in [-0.25, -0.2) is 4.98 Å². The number of nitrogens with one attached hydrogen (secondary N) is 1. The van der Waals surface area contributed by atoms with E-state index < -0.39 is 0 Å². The molecule has 0 spiro atoms. The summed E-state index contributed by atoms with van der Waals surface area (Å²) in [5.41, 5.74) is 2.22. The van der Waals surface area contributed by atoms with E-state index in [-0.39, 0.29) is 5.91 Å². The van der Waals surface area contributed by atoms with Crippen molar-refractivity contribution in [1.82, 2.24) is 14.5 Å². The first-order chi connectivity index (χ1) is 13.1. The molecular formula is C19H19N5O3. The van der Waals surface area contributed by atoms with E-state index in [0.29, 0.717) is 34.7 Å². The fraction of sp³-hybridized carbons (Fsp3) is 0.263. The number of benzene rings is 1. The van der Waals surface area contributed by atoms with E-state index >= 15 is 0 Å². The first-order valence-electron chi connectivity index (χ1n) is 8.53. The molecule has 0 atom stereocenters. The number of carbonyl (C=O) groups excluding carboxylic acids is 1. The van der Waals surface area contributed by atoms with Crippen molar-refractivity contribution in [2.24, 2.45) is 4.99 Å². The molecule has 2 aromatic heterocycles. The minimum Gasteiger partial charge on any atom is -0.496 e. The topological polar surface area (TPSA) is 90.6 Å². The van der Waals surface area contributed by atoms with Gasteiger partial charge in [0.1, 0.15) is 17.1 Å². The number of hydrogen-bond donors (Lipinski definition) is 1. The van der Waals surface area contributed by atoms with Gasteiger partial charge in [-0.15, -0.1) is 0 Å². The normalized spacial score (nSPS) is 13.4. The Labute approximate surface area is 155 Å². The molecule has 27 heavy (non-hydrogen) atoms. The third-order valence-electron chi connectivity index (χ3n) is 4.60. The largest absolute Gasteiger partial charge is 0.496 e. The first-order valence-corrected chi connectivity index (χ1v) is 8.53. The molecule has 138 valence electrons. The number of carbonyl (C=O) groups is 1. The SMILES string of the molecule is COc1cc2c3n(c(=NC(=O)c4cccnc4)nc2c(OC)c1C)CCN3.